The summed E-state index contributed by atoms with van der Waals surface area (Å²) in [7, 11) is -4.24. The number of ether oxygens (including phenoxy) is 1. The van der Waals surface area contributed by atoms with Crippen molar-refractivity contribution >= 4 is 55.1 Å². The maximum atomic E-state index is 14.6. The molecule has 1 N–H and O–H groups in total. The van der Waals surface area contributed by atoms with Crippen LogP contribution in [0, 0.1) is 0 Å². The Hall–Kier alpha value is -3.86. The first-order valence-electron chi connectivity index (χ1n) is 15.4. The molecule has 4 aromatic carbocycles. The van der Waals surface area contributed by atoms with E-state index >= 15 is 0 Å². The van der Waals surface area contributed by atoms with E-state index in [1.807, 2.05) is 51.1 Å². The Morgan fingerprint density at radius 2 is 1.53 bits per heavy atom. The Kier molecular flexibility index (Phi) is 12.9. The molecule has 0 aliphatic rings. The molecule has 0 aliphatic heterocycles. The number of nitrogens with one attached hydrogen (secondary N) is 1. The zero-order valence-electron chi connectivity index (χ0n) is 26.6. The Bertz CT molecular complexity index is 1740. The fourth-order valence-corrected chi connectivity index (χ4v) is 6.82. The molecule has 8 nitrogen and oxygen atoms in total. The lowest BCUT2D eigenvalue weighted by Gasteiger charge is -2.34. The summed E-state index contributed by atoms with van der Waals surface area (Å²) in [6.07, 6.45) is 0.904. The molecular weight excluding hydrogens is 702 g/mol. The highest BCUT2D eigenvalue weighted by Gasteiger charge is 2.35. The van der Waals surface area contributed by atoms with Crippen LogP contribution >= 0.6 is 27.5 Å². The first kappa shape index (κ1) is 36.0. The van der Waals surface area contributed by atoms with Gasteiger partial charge in [-0.05, 0) is 86.0 Å². The van der Waals surface area contributed by atoms with Crippen LogP contribution in [0.2, 0.25) is 5.02 Å². The van der Waals surface area contributed by atoms with Crippen molar-refractivity contribution in [2.45, 2.75) is 57.1 Å². The molecule has 0 spiro atoms. The summed E-state index contributed by atoms with van der Waals surface area (Å²) >= 11 is 9.93. The second-order valence-corrected chi connectivity index (χ2v) is 14.2. The van der Waals surface area contributed by atoms with E-state index in [0.717, 1.165) is 9.87 Å². The molecule has 0 aromatic heterocycles. The number of carbonyl (C=O) groups is 2. The summed E-state index contributed by atoms with van der Waals surface area (Å²) in [5.74, 6) is -0.347. The molecule has 0 unspecified atom stereocenters. The van der Waals surface area contributed by atoms with Gasteiger partial charge in [-0.1, -0.05) is 83.0 Å². The number of sulfonamides is 1. The van der Waals surface area contributed by atoms with Gasteiger partial charge in [-0.15, -0.1) is 0 Å². The molecule has 2 atom stereocenters. The van der Waals surface area contributed by atoms with E-state index in [9.17, 15) is 18.0 Å². The van der Waals surface area contributed by atoms with Gasteiger partial charge in [-0.2, -0.15) is 0 Å². The average molecular weight is 741 g/mol. The SMILES string of the molecule is CCOc1ccc(N(CC(=O)N(Cc2ccccc2Cl)[C@@H](Cc2ccccc2)C(=O)N[C@H](C)CC)S(=O)(=O)c2ccc(Br)cc2)cc1. The van der Waals surface area contributed by atoms with Crippen LogP contribution in [-0.2, 0) is 32.6 Å². The van der Waals surface area contributed by atoms with E-state index < -0.39 is 28.5 Å². The van der Waals surface area contributed by atoms with Crippen molar-refractivity contribution in [3.8, 4) is 5.75 Å². The molecule has 248 valence electrons. The minimum absolute atomic E-state index is 0.00962. The highest BCUT2D eigenvalue weighted by molar-refractivity contribution is 9.10. The third kappa shape index (κ3) is 9.59. The first-order chi connectivity index (χ1) is 22.5. The van der Waals surface area contributed by atoms with Crippen LogP contribution in [0.5, 0.6) is 5.75 Å². The van der Waals surface area contributed by atoms with Crippen LogP contribution in [0.3, 0.4) is 0 Å². The molecule has 0 radical (unpaired) electrons. The van der Waals surface area contributed by atoms with Crippen molar-refractivity contribution in [2.24, 2.45) is 0 Å². The van der Waals surface area contributed by atoms with Crippen molar-refractivity contribution in [3.05, 3.63) is 124 Å². The van der Waals surface area contributed by atoms with Gasteiger partial charge in [0.15, 0.2) is 0 Å². The summed E-state index contributed by atoms with van der Waals surface area (Å²) in [5.41, 5.74) is 1.74. The molecule has 0 heterocycles. The van der Waals surface area contributed by atoms with Crippen LogP contribution in [0.15, 0.2) is 112 Å². The number of amides is 2. The van der Waals surface area contributed by atoms with Gasteiger partial charge in [0.1, 0.15) is 18.3 Å². The maximum absolute atomic E-state index is 14.6. The van der Waals surface area contributed by atoms with E-state index in [2.05, 4.69) is 21.2 Å². The Morgan fingerprint density at radius 1 is 0.894 bits per heavy atom. The number of benzene rings is 4. The molecule has 0 fully saturated rings. The van der Waals surface area contributed by atoms with Crippen LogP contribution < -0.4 is 14.4 Å². The van der Waals surface area contributed by atoms with Gasteiger partial charge < -0.3 is 15.0 Å². The minimum atomic E-state index is -4.24. The Labute approximate surface area is 290 Å². The number of hydrogen-bond acceptors (Lipinski definition) is 5. The standard InChI is InChI=1S/C36H39BrClN3O5S/c1-4-26(3)39-36(43)34(23-27-11-7-6-8-12-27)40(24-28-13-9-10-14-33(28)38)35(42)25-41(30-17-19-31(20-18-30)46-5-2)47(44,45)32-21-15-29(37)16-22-32/h6-22,26,34H,4-5,23-25H2,1-3H3,(H,39,43)/t26-,34+/m1/s1. The van der Waals surface area contributed by atoms with Gasteiger partial charge in [-0.3, -0.25) is 13.9 Å². The van der Waals surface area contributed by atoms with Crippen molar-refractivity contribution in [1.82, 2.24) is 10.2 Å². The van der Waals surface area contributed by atoms with Gasteiger partial charge in [0.25, 0.3) is 10.0 Å². The normalized spacial score (nSPS) is 12.5. The molecule has 47 heavy (non-hydrogen) atoms. The predicted octanol–water partition coefficient (Wildman–Crippen LogP) is 7.25. The van der Waals surface area contributed by atoms with E-state index in [1.54, 1.807) is 60.7 Å². The van der Waals surface area contributed by atoms with Gasteiger partial charge in [-0.25, -0.2) is 8.42 Å². The quantitative estimate of drug-likeness (QED) is 0.139. The van der Waals surface area contributed by atoms with E-state index in [0.29, 0.717) is 33.8 Å². The molecular formula is C36H39BrClN3O5S. The van der Waals surface area contributed by atoms with Crippen molar-refractivity contribution in [2.75, 3.05) is 17.5 Å². The van der Waals surface area contributed by atoms with Crippen LogP contribution in [0.1, 0.15) is 38.3 Å². The summed E-state index contributed by atoms with van der Waals surface area (Å²) in [5, 5.41) is 3.46. The van der Waals surface area contributed by atoms with Gasteiger partial charge in [0, 0.05) is 28.5 Å². The average Bonchev–Trinajstić information content (AvgIpc) is 3.07. The summed E-state index contributed by atoms with van der Waals surface area (Å²) in [6, 6.07) is 28.1. The van der Waals surface area contributed by atoms with Gasteiger partial charge in [0.05, 0.1) is 17.2 Å². The largest absolute Gasteiger partial charge is 0.494 e. The molecule has 0 saturated carbocycles. The zero-order chi connectivity index (χ0) is 34.0. The summed E-state index contributed by atoms with van der Waals surface area (Å²) in [4.78, 5) is 30.0. The number of hydrogen-bond donors (Lipinski definition) is 1. The second-order valence-electron chi connectivity index (χ2n) is 11.0. The fourth-order valence-electron chi connectivity index (χ4n) is 4.94. The van der Waals surface area contributed by atoms with E-state index in [1.165, 1.54) is 17.0 Å². The zero-order valence-corrected chi connectivity index (χ0v) is 29.8. The lowest BCUT2D eigenvalue weighted by molar-refractivity contribution is -0.140. The third-order valence-corrected chi connectivity index (χ3v) is 10.4. The monoisotopic (exact) mass is 739 g/mol. The molecule has 0 bridgehead atoms. The number of anilines is 1. The number of carbonyl (C=O) groups excluding carboxylic acids is 2. The summed E-state index contributed by atoms with van der Waals surface area (Å²) in [6.45, 7) is 5.57. The molecule has 4 aromatic rings. The maximum Gasteiger partial charge on any atom is 0.264 e. The Balaban J connectivity index is 1.81. The fraction of sp³-hybridized carbons (Fsp3) is 0.278. The smallest absolute Gasteiger partial charge is 0.264 e. The third-order valence-electron chi connectivity index (χ3n) is 7.69. The van der Waals surface area contributed by atoms with Crippen LogP contribution in [0.4, 0.5) is 5.69 Å². The topological polar surface area (TPSA) is 96.0 Å². The minimum Gasteiger partial charge on any atom is -0.494 e. The van der Waals surface area contributed by atoms with Crippen molar-refractivity contribution in [3.63, 3.8) is 0 Å². The lowest BCUT2D eigenvalue weighted by atomic mass is 10.0. The van der Waals surface area contributed by atoms with Crippen molar-refractivity contribution in [1.29, 1.82) is 0 Å². The highest BCUT2D eigenvalue weighted by Crippen LogP contribution is 2.28. The molecule has 0 aliphatic carbocycles. The summed E-state index contributed by atoms with van der Waals surface area (Å²) < 4.78 is 35.8. The Morgan fingerprint density at radius 3 is 2.15 bits per heavy atom. The van der Waals surface area contributed by atoms with Crippen LogP contribution in [0.25, 0.3) is 0 Å². The van der Waals surface area contributed by atoms with E-state index in [-0.39, 0.29) is 35.5 Å². The van der Waals surface area contributed by atoms with E-state index in [4.69, 9.17) is 16.3 Å². The lowest BCUT2D eigenvalue weighted by Crippen LogP contribution is -2.54. The van der Waals surface area contributed by atoms with Crippen molar-refractivity contribution < 1.29 is 22.7 Å². The predicted molar refractivity (Wildman–Crippen MR) is 190 cm³/mol. The first-order valence-corrected chi connectivity index (χ1v) is 18.0. The van der Waals surface area contributed by atoms with Gasteiger partial charge >= 0.3 is 0 Å². The number of nitrogens with zero attached hydrogens (tertiary/aromatic N) is 2. The highest BCUT2D eigenvalue weighted by atomic mass is 79.9. The number of rotatable bonds is 15. The number of halogens is 2. The van der Waals surface area contributed by atoms with Crippen LogP contribution in [-0.4, -0.2) is 50.4 Å². The molecule has 0 saturated heterocycles. The molecule has 11 heteroatoms. The molecule has 2 amide bonds. The van der Waals surface area contributed by atoms with Gasteiger partial charge in [0.2, 0.25) is 11.8 Å². The second kappa shape index (κ2) is 16.8. The molecule has 4 rings (SSSR count).